The van der Waals surface area contributed by atoms with E-state index in [9.17, 15) is 0 Å². The quantitative estimate of drug-likeness (QED) is 0.138. The Bertz CT molecular complexity index is 2540. The van der Waals surface area contributed by atoms with Gasteiger partial charge in [0.05, 0.1) is 11.4 Å². The van der Waals surface area contributed by atoms with Crippen LogP contribution in [-0.4, -0.2) is 0 Å². The second-order valence-corrected chi connectivity index (χ2v) is 23.1. The van der Waals surface area contributed by atoms with Crippen LogP contribution in [0.1, 0.15) is 185 Å². The summed E-state index contributed by atoms with van der Waals surface area (Å²) in [5.41, 5.74) is 24.1. The molecule has 5 aromatic carbocycles. The summed E-state index contributed by atoms with van der Waals surface area (Å²) in [6.07, 6.45) is 12.2. The van der Waals surface area contributed by atoms with Crippen molar-refractivity contribution in [3.05, 3.63) is 147 Å². The normalized spacial score (nSPS) is 19.7. The van der Waals surface area contributed by atoms with Crippen molar-refractivity contribution in [1.29, 1.82) is 0 Å². The first-order valence-electron chi connectivity index (χ1n) is 25.0. The monoisotopic (exact) mass is 853 g/mol. The van der Waals surface area contributed by atoms with Crippen molar-refractivity contribution in [2.75, 3.05) is 9.80 Å². The summed E-state index contributed by atoms with van der Waals surface area (Å²) in [4.78, 5) is 5.24. The number of nitrogens with zero attached hydrogens (tertiary/aromatic N) is 2. The van der Waals surface area contributed by atoms with Crippen LogP contribution in [0.2, 0.25) is 0 Å². The first kappa shape index (κ1) is 46.0. The highest BCUT2D eigenvalue weighted by Gasteiger charge is 2.62. The van der Waals surface area contributed by atoms with Gasteiger partial charge in [-0.05, 0) is 193 Å². The molecule has 3 aliphatic carbocycles. The van der Waals surface area contributed by atoms with Crippen LogP contribution < -0.4 is 9.80 Å². The summed E-state index contributed by atoms with van der Waals surface area (Å²) >= 11 is 0. The SMILES string of the molecule is C/C=C(/C(C)C)N(c1ccc2c(c1)[C@]13CCC[C@]1(CCC3)c1cc(N(c3ccc(C(C)(CC)CC)cc3)c3c(C)cc(C(C)(C)C)cc3C)ccc1-2)c1c(C)cc(C(C)(C)C)cc1C. The smallest absolute Gasteiger partial charge is 0.0520 e. The Morgan fingerprint density at radius 3 is 1.36 bits per heavy atom. The molecule has 3 aliphatic rings. The van der Waals surface area contributed by atoms with E-state index in [1.54, 1.807) is 11.1 Å². The van der Waals surface area contributed by atoms with Crippen molar-refractivity contribution < 1.29 is 0 Å². The molecule has 0 spiro atoms. The van der Waals surface area contributed by atoms with Gasteiger partial charge in [0.25, 0.3) is 0 Å². The standard InChI is InChI=1S/C62H80N2/c1-17-55(40(4)5)64(57-43(8)36-47(37-44(57)9)59(13,14)15)50-27-29-52-51-28-26-49(38-53(51)61-30-20-32-62(61,33-21-31-61)54(52)39-50)63(48-24-22-45(23-25-48)60(16,18-2)19-3)56-41(6)34-46(35-42(56)7)58(10,11)12/h17,22-29,34-40H,18-21,30-33H2,1-16H3/b55-17-/t61-,62+. The predicted molar refractivity (Wildman–Crippen MR) is 279 cm³/mol. The molecule has 2 nitrogen and oxygen atoms in total. The highest BCUT2D eigenvalue weighted by molar-refractivity contribution is 5.88. The molecule has 2 heteroatoms. The van der Waals surface area contributed by atoms with Crippen LogP contribution in [0.3, 0.4) is 0 Å². The Balaban J connectivity index is 1.34. The number of hydrogen-bond acceptors (Lipinski definition) is 2. The fourth-order valence-corrected chi connectivity index (χ4v) is 12.9. The van der Waals surface area contributed by atoms with Gasteiger partial charge in [0.15, 0.2) is 0 Å². The summed E-state index contributed by atoms with van der Waals surface area (Å²) in [7, 11) is 0. The van der Waals surface area contributed by atoms with E-state index in [4.69, 9.17) is 0 Å². The van der Waals surface area contributed by atoms with E-state index in [2.05, 4.69) is 212 Å². The van der Waals surface area contributed by atoms with Crippen molar-refractivity contribution in [2.24, 2.45) is 5.92 Å². The third kappa shape index (κ3) is 7.29. The van der Waals surface area contributed by atoms with Crippen LogP contribution in [-0.2, 0) is 27.1 Å². The molecular weight excluding hydrogens is 773 g/mol. The Morgan fingerprint density at radius 2 is 0.953 bits per heavy atom. The molecule has 0 radical (unpaired) electrons. The number of rotatable bonds is 10. The van der Waals surface area contributed by atoms with Gasteiger partial charge in [0.1, 0.15) is 0 Å². The zero-order valence-corrected chi connectivity index (χ0v) is 42.8. The lowest BCUT2D eigenvalue weighted by atomic mass is 9.55. The van der Waals surface area contributed by atoms with Gasteiger partial charge < -0.3 is 9.80 Å². The molecule has 0 unspecified atom stereocenters. The van der Waals surface area contributed by atoms with E-state index in [0.717, 1.165) is 12.8 Å². The molecule has 0 N–H and O–H groups in total. The summed E-state index contributed by atoms with van der Waals surface area (Å²) in [5, 5.41) is 0. The summed E-state index contributed by atoms with van der Waals surface area (Å²) < 4.78 is 0. The van der Waals surface area contributed by atoms with Gasteiger partial charge in [0.2, 0.25) is 0 Å². The Labute approximate surface area is 389 Å². The Morgan fingerprint density at radius 1 is 0.547 bits per heavy atom. The molecule has 2 saturated carbocycles. The molecule has 2 fully saturated rings. The zero-order valence-electron chi connectivity index (χ0n) is 42.8. The lowest BCUT2D eigenvalue weighted by Crippen LogP contribution is -2.43. The average Bonchev–Trinajstić information content (AvgIpc) is 3.82. The largest absolute Gasteiger partial charge is 0.314 e. The van der Waals surface area contributed by atoms with Crippen LogP contribution in [0, 0.1) is 33.6 Å². The van der Waals surface area contributed by atoms with Gasteiger partial charge in [0, 0.05) is 33.6 Å². The number of anilines is 5. The maximum atomic E-state index is 2.66. The minimum absolute atomic E-state index is 0.0760. The van der Waals surface area contributed by atoms with E-state index < -0.39 is 0 Å². The van der Waals surface area contributed by atoms with Crippen molar-refractivity contribution in [2.45, 2.75) is 189 Å². The Kier molecular flexibility index (Phi) is 11.8. The first-order valence-corrected chi connectivity index (χ1v) is 25.0. The molecular formula is C62H80N2. The average molecular weight is 853 g/mol. The van der Waals surface area contributed by atoms with Crippen LogP contribution in [0.15, 0.2) is 96.7 Å². The van der Waals surface area contributed by atoms with Crippen molar-refractivity contribution >= 4 is 28.4 Å². The van der Waals surface area contributed by atoms with E-state index in [-0.39, 0.29) is 27.1 Å². The van der Waals surface area contributed by atoms with E-state index >= 15 is 0 Å². The molecule has 64 heavy (non-hydrogen) atoms. The third-order valence-electron chi connectivity index (χ3n) is 16.9. The topological polar surface area (TPSA) is 6.48 Å². The van der Waals surface area contributed by atoms with Crippen molar-refractivity contribution in [3.63, 3.8) is 0 Å². The number of benzene rings is 5. The number of fused-ring (bicyclic) bond motifs is 3. The molecule has 0 aliphatic heterocycles. The predicted octanol–water partition coefficient (Wildman–Crippen LogP) is 18.3. The van der Waals surface area contributed by atoms with E-state index in [1.165, 1.54) is 123 Å². The molecule has 0 bridgehead atoms. The molecule has 0 saturated heterocycles. The fraction of sp³-hybridized carbons (Fsp3) is 0.484. The number of hydrogen-bond donors (Lipinski definition) is 0. The van der Waals surface area contributed by atoms with Crippen LogP contribution >= 0.6 is 0 Å². The highest BCUT2D eigenvalue weighted by atomic mass is 15.2. The number of allylic oxidation sites excluding steroid dienone is 2. The van der Waals surface area contributed by atoms with Gasteiger partial charge in [-0.2, -0.15) is 0 Å². The highest BCUT2D eigenvalue weighted by Crippen LogP contribution is 2.70. The minimum Gasteiger partial charge on any atom is -0.314 e. The van der Waals surface area contributed by atoms with Crippen LogP contribution in [0.4, 0.5) is 28.4 Å². The van der Waals surface area contributed by atoms with E-state index in [1.807, 2.05) is 0 Å². The third-order valence-corrected chi connectivity index (χ3v) is 16.9. The second kappa shape index (κ2) is 16.4. The summed E-state index contributed by atoms with van der Waals surface area (Å²) in [6.45, 7) is 37.4. The second-order valence-electron chi connectivity index (χ2n) is 23.1. The van der Waals surface area contributed by atoms with Gasteiger partial charge in [-0.25, -0.2) is 0 Å². The van der Waals surface area contributed by atoms with Gasteiger partial charge >= 0.3 is 0 Å². The minimum atomic E-state index is 0.0760. The van der Waals surface area contributed by atoms with Gasteiger partial charge in [-0.1, -0.05) is 144 Å². The first-order chi connectivity index (χ1) is 30.1. The van der Waals surface area contributed by atoms with Gasteiger partial charge in [-0.15, -0.1) is 0 Å². The van der Waals surface area contributed by atoms with Crippen LogP contribution in [0.5, 0.6) is 0 Å². The molecule has 0 heterocycles. The zero-order chi connectivity index (χ0) is 46.3. The van der Waals surface area contributed by atoms with E-state index in [0.29, 0.717) is 5.92 Å². The maximum absolute atomic E-state index is 2.66. The van der Waals surface area contributed by atoms with Gasteiger partial charge in [-0.3, -0.25) is 0 Å². The van der Waals surface area contributed by atoms with Crippen LogP contribution in [0.25, 0.3) is 11.1 Å². The lowest BCUT2D eigenvalue weighted by Gasteiger charge is -2.48. The Hall–Kier alpha value is -4.56. The van der Waals surface area contributed by atoms with Crippen molar-refractivity contribution in [3.8, 4) is 11.1 Å². The molecule has 0 atom stereocenters. The molecule has 0 amide bonds. The molecule has 338 valence electrons. The molecule has 8 rings (SSSR count). The molecule has 5 aromatic rings. The van der Waals surface area contributed by atoms with Crippen molar-refractivity contribution in [1.82, 2.24) is 0 Å². The lowest BCUT2D eigenvalue weighted by molar-refractivity contribution is 0.299. The maximum Gasteiger partial charge on any atom is 0.0520 e. The summed E-state index contributed by atoms with van der Waals surface area (Å²) in [5.74, 6) is 0.371. The molecule has 0 aromatic heterocycles. The summed E-state index contributed by atoms with van der Waals surface area (Å²) in [6, 6.07) is 34.7. The number of aryl methyl sites for hydroxylation is 4. The fourth-order valence-electron chi connectivity index (χ4n) is 12.9.